The molecule has 0 atom stereocenters. The first-order valence-corrected chi connectivity index (χ1v) is 6.74. The smallest absolute Gasteiger partial charge is 0.271 e. The number of aromatic nitrogens is 2. The van der Waals surface area contributed by atoms with Gasteiger partial charge in [-0.05, 0) is 36.7 Å². The molecule has 106 valence electrons. The number of rotatable bonds is 5. The largest absolute Gasteiger partial charge is 0.354 e. The van der Waals surface area contributed by atoms with Crippen LogP contribution in [0.5, 0.6) is 0 Å². The quantitative estimate of drug-likeness (QED) is 0.870. The molecule has 0 fully saturated rings. The molecule has 5 heteroatoms. The van der Waals surface area contributed by atoms with Crippen molar-refractivity contribution in [1.82, 2.24) is 20.4 Å². The highest BCUT2D eigenvalue weighted by Crippen LogP contribution is 2.16. The number of hydrogen-bond acceptors (Lipinski definition) is 3. The zero-order valence-corrected chi connectivity index (χ0v) is 12.1. The minimum absolute atomic E-state index is 0.176. The van der Waals surface area contributed by atoms with Gasteiger partial charge in [0, 0.05) is 19.8 Å². The summed E-state index contributed by atoms with van der Waals surface area (Å²) in [5.74, 6) is -0.176. The first kappa shape index (κ1) is 14.3. The molecule has 5 nitrogen and oxygen atoms in total. The lowest BCUT2D eigenvalue weighted by atomic mass is 10.1. The summed E-state index contributed by atoms with van der Waals surface area (Å²) in [6.07, 6.45) is 1.81. The maximum Gasteiger partial charge on any atom is 0.271 e. The summed E-state index contributed by atoms with van der Waals surface area (Å²) >= 11 is 0. The second-order valence-corrected chi connectivity index (χ2v) is 4.63. The monoisotopic (exact) mass is 272 g/mol. The van der Waals surface area contributed by atoms with Crippen molar-refractivity contribution in [3.63, 3.8) is 0 Å². The SMILES string of the molecule is CCNCc1ccc(C)c(-n2ccc(C(=O)NC)n2)c1. The Kier molecular flexibility index (Phi) is 4.53. The molecule has 0 radical (unpaired) electrons. The van der Waals surface area contributed by atoms with Gasteiger partial charge in [-0.25, -0.2) is 4.68 Å². The van der Waals surface area contributed by atoms with Crippen molar-refractivity contribution in [3.05, 3.63) is 47.3 Å². The zero-order valence-electron chi connectivity index (χ0n) is 12.1. The van der Waals surface area contributed by atoms with E-state index in [-0.39, 0.29) is 5.91 Å². The van der Waals surface area contributed by atoms with Gasteiger partial charge >= 0.3 is 0 Å². The van der Waals surface area contributed by atoms with Gasteiger partial charge in [0.2, 0.25) is 0 Å². The molecule has 0 aliphatic heterocycles. The maximum absolute atomic E-state index is 11.6. The fourth-order valence-electron chi connectivity index (χ4n) is 1.99. The van der Waals surface area contributed by atoms with Crippen molar-refractivity contribution in [2.24, 2.45) is 0 Å². The van der Waals surface area contributed by atoms with Crippen molar-refractivity contribution >= 4 is 5.91 Å². The summed E-state index contributed by atoms with van der Waals surface area (Å²) < 4.78 is 1.75. The molecule has 1 amide bonds. The molecule has 1 heterocycles. The van der Waals surface area contributed by atoms with Crippen molar-refractivity contribution in [3.8, 4) is 5.69 Å². The number of carbonyl (C=O) groups is 1. The molecule has 0 aliphatic rings. The van der Waals surface area contributed by atoms with Gasteiger partial charge in [-0.15, -0.1) is 0 Å². The van der Waals surface area contributed by atoms with Crippen LogP contribution in [0.4, 0.5) is 0 Å². The highest BCUT2D eigenvalue weighted by atomic mass is 16.1. The maximum atomic E-state index is 11.6. The van der Waals surface area contributed by atoms with E-state index in [4.69, 9.17) is 0 Å². The van der Waals surface area contributed by atoms with E-state index >= 15 is 0 Å². The van der Waals surface area contributed by atoms with Crippen molar-refractivity contribution in [2.45, 2.75) is 20.4 Å². The van der Waals surface area contributed by atoms with Crippen LogP contribution in [0.25, 0.3) is 5.69 Å². The standard InChI is InChI=1S/C15H20N4O/c1-4-17-10-12-6-5-11(2)14(9-12)19-8-7-13(18-19)15(20)16-3/h5-9,17H,4,10H2,1-3H3,(H,16,20). The molecule has 0 saturated heterocycles. The third-order valence-corrected chi connectivity index (χ3v) is 3.15. The molecule has 2 aromatic rings. The third-order valence-electron chi connectivity index (χ3n) is 3.15. The van der Waals surface area contributed by atoms with Crippen LogP contribution in [0.3, 0.4) is 0 Å². The fourth-order valence-corrected chi connectivity index (χ4v) is 1.99. The van der Waals surface area contributed by atoms with Crippen LogP contribution in [0, 0.1) is 6.92 Å². The fraction of sp³-hybridized carbons (Fsp3) is 0.333. The Balaban J connectivity index is 2.31. The summed E-state index contributed by atoms with van der Waals surface area (Å²) in [6.45, 7) is 5.88. The molecule has 1 aromatic carbocycles. The Hall–Kier alpha value is -2.14. The number of benzene rings is 1. The molecule has 0 bridgehead atoms. The van der Waals surface area contributed by atoms with Gasteiger partial charge in [-0.2, -0.15) is 5.10 Å². The normalized spacial score (nSPS) is 10.6. The average molecular weight is 272 g/mol. The van der Waals surface area contributed by atoms with E-state index in [9.17, 15) is 4.79 Å². The van der Waals surface area contributed by atoms with E-state index in [0.29, 0.717) is 5.69 Å². The summed E-state index contributed by atoms with van der Waals surface area (Å²) in [5, 5.41) is 10.2. The molecule has 2 N–H and O–H groups in total. The van der Waals surface area contributed by atoms with E-state index in [1.165, 1.54) is 5.56 Å². The first-order chi connectivity index (χ1) is 9.65. The van der Waals surface area contributed by atoms with Gasteiger partial charge in [-0.1, -0.05) is 19.1 Å². The molecule has 1 aromatic heterocycles. The summed E-state index contributed by atoms with van der Waals surface area (Å²) in [7, 11) is 1.60. The minimum Gasteiger partial charge on any atom is -0.354 e. The lowest BCUT2D eigenvalue weighted by Gasteiger charge is -2.09. The van der Waals surface area contributed by atoms with Crippen molar-refractivity contribution in [1.29, 1.82) is 0 Å². The lowest BCUT2D eigenvalue weighted by molar-refractivity contribution is 0.0957. The van der Waals surface area contributed by atoms with Gasteiger partial charge in [0.15, 0.2) is 5.69 Å². The molecule has 0 spiro atoms. The van der Waals surface area contributed by atoms with Crippen LogP contribution < -0.4 is 10.6 Å². The van der Waals surface area contributed by atoms with Crippen molar-refractivity contribution < 1.29 is 4.79 Å². The molecule has 20 heavy (non-hydrogen) atoms. The number of nitrogens with one attached hydrogen (secondary N) is 2. The van der Waals surface area contributed by atoms with Gasteiger partial charge in [0.1, 0.15) is 0 Å². The minimum atomic E-state index is -0.176. The topological polar surface area (TPSA) is 59.0 Å². The zero-order chi connectivity index (χ0) is 14.5. The van der Waals surface area contributed by atoms with Gasteiger partial charge < -0.3 is 10.6 Å². The Labute approximate surface area is 119 Å². The van der Waals surface area contributed by atoms with E-state index in [1.807, 2.05) is 13.1 Å². The first-order valence-electron chi connectivity index (χ1n) is 6.74. The van der Waals surface area contributed by atoms with Crippen LogP contribution in [-0.2, 0) is 6.54 Å². The van der Waals surface area contributed by atoms with E-state index in [0.717, 1.165) is 24.3 Å². The van der Waals surface area contributed by atoms with Crippen LogP contribution >= 0.6 is 0 Å². The van der Waals surface area contributed by atoms with E-state index in [2.05, 4.69) is 40.9 Å². The highest BCUT2D eigenvalue weighted by Gasteiger charge is 2.09. The number of aryl methyl sites for hydroxylation is 1. The van der Waals surface area contributed by atoms with E-state index in [1.54, 1.807) is 17.8 Å². The van der Waals surface area contributed by atoms with Gasteiger partial charge in [-0.3, -0.25) is 4.79 Å². The molecule has 2 rings (SSSR count). The highest BCUT2D eigenvalue weighted by molar-refractivity contribution is 5.91. The number of carbonyl (C=O) groups excluding carboxylic acids is 1. The van der Waals surface area contributed by atoms with E-state index < -0.39 is 0 Å². The second kappa shape index (κ2) is 6.34. The van der Waals surface area contributed by atoms with Crippen LogP contribution in [0.2, 0.25) is 0 Å². The van der Waals surface area contributed by atoms with Crippen molar-refractivity contribution in [2.75, 3.05) is 13.6 Å². The van der Waals surface area contributed by atoms with Crippen LogP contribution in [0.15, 0.2) is 30.5 Å². The summed E-state index contributed by atoms with van der Waals surface area (Å²) in [6, 6.07) is 7.99. The predicted molar refractivity (Wildman–Crippen MR) is 79.1 cm³/mol. The average Bonchev–Trinajstić information content (AvgIpc) is 2.95. The summed E-state index contributed by atoms with van der Waals surface area (Å²) in [4.78, 5) is 11.6. The molecule has 0 saturated carbocycles. The number of nitrogens with zero attached hydrogens (tertiary/aromatic N) is 2. The molecular formula is C15H20N4O. The summed E-state index contributed by atoms with van der Waals surface area (Å²) in [5.41, 5.74) is 3.74. The van der Waals surface area contributed by atoms with Gasteiger partial charge in [0.05, 0.1) is 5.69 Å². The number of hydrogen-bond donors (Lipinski definition) is 2. The Morgan fingerprint density at radius 1 is 1.35 bits per heavy atom. The molecule has 0 unspecified atom stereocenters. The second-order valence-electron chi connectivity index (χ2n) is 4.63. The predicted octanol–water partition coefficient (Wildman–Crippen LogP) is 1.65. The molecular weight excluding hydrogens is 252 g/mol. The Bertz CT molecular complexity index is 604. The van der Waals surface area contributed by atoms with Crippen LogP contribution in [-0.4, -0.2) is 29.3 Å². The lowest BCUT2D eigenvalue weighted by Crippen LogP contribution is -2.18. The Morgan fingerprint density at radius 2 is 2.15 bits per heavy atom. The van der Waals surface area contributed by atoms with Gasteiger partial charge in [0.25, 0.3) is 5.91 Å². The van der Waals surface area contributed by atoms with Crippen LogP contribution in [0.1, 0.15) is 28.5 Å². The molecule has 0 aliphatic carbocycles. The Morgan fingerprint density at radius 3 is 2.85 bits per heavy atom. The third kappa shape index (κ3) is 3.05. The number of amides is 1.